The summed E-state index contributed by atoms with van der Waals surface area (Å²) in [6.45, 7) is 8.24. The first kappa shape index (κ1) is 20.0. The van der Waals surface area contributed by atoms with Crippen molar-refractivity contribution in [2.45, 2.75) is 39.5 Å². The lowest BCUT2D eigenvalue weighted by atomic mass is 10.0. The van der Waals surface area contributed by atoms with E-state index in [2.05, 4.69) is 47.6 Å². The van der Waals surface area contributed by atoms with E-state index in [1.807, 2.05) is 12.1 Å². The third-order valence-corrected chi connectivity index (χ3v) is 5.51. The number of nitrogens with zero attached hydrogens (tertiary/aromatic N) is 4. The van der Waals surface area contributed by atoms with Crippen molar-refractivity contribution in [1.29, 1.82) is 0 Å². The fourth-order valence-corrected chi connectivity index (χ4v) is 3.58. The summed E-state index contributed by atoms with van der Waals surface area (Å²) in [4.78, 5) is 42.8. The van der Waals surface area contributed by atoms with E-state index in [1.165, 1.54) is 0 Å². The number of aromatic nitrogens is 4. The van der Waals surface area contributed by atoms with Gasteiger partial charge in [-0.2, -0.15) is 0 Å². The zero-order valence-corrected chi connectivity index (χ0v) is 18.0. The Morgan fingerprint density at radius 3 is 1.38 bits per heavy atom. The number of hydrogen-bond donors (Lipinski definition) is 0. The first-order valence-electron chi connectivity index (χ1n) is 10.4. The third kappa shape index (κ3) is 3.15. The number of carbonyl (C=O) groups excluding carboxylic acids is 2. The van der Waals surface area contributed by atoms with Gasteiger partial charge in [-0.1, -0.05) is 39.8 Å². The molecule has 0 N–H and O–H groups in total. The van der Waals surface area contributed by atoms with Crippen LogP contribution in [0.4, 0.5) is 0 Å². The smallest absolute Gasteiger partial charge is 0.349 e. The summed E-state index contributed by atoms with van der Waals surface area (Å²) in [7, 11) is 0. The van der Waals surface area contributed by atoms with Gasteiger partial charge in [-0.15, -0.1) is 0 Å². The first-order valence-corrected chi connectivity index (χ1v) is 10.4. The second-order valence-corrected chi connectivity index (χ2v) is 8.32. The molecule has 5 rings (SSSR count). The molecule has 2 aliphatic rings. The average molecular weight is 428 g/mol. The van der Waals surface area contributed by atoms with Crippen molar-refractivity contribution in [1.82, 2.24) is 19.9 Å². The lowest BCUT2D eigenvalue weighted by Crippen LogP contribution is -2.20. The van der Waals surface area contributed by atoms with E-state index in [1.54, 1.807) is 24.5 Å². The van der Waals surface area contributed by atoms with Crippen LogP contribution in [0.3, 0.4) is 0 Å². The number of ether oxygens (including phenoxy) is 2. The van der Waals surface area contributed by atoms with Crippen LogP contribution in [0.25, 0.3) is 11.1 Å². The lowest BCUT2D eigenvalue weighted by molar-refractivity contribution is -0.128. The Balaban J connectivity index is 1.66. The van der Waals surface area contributed by atoms with Crippen LogP contribution in [0.5, 0.6) is 11.8 Å². The number of carbonyl (C=O) groups is 2. The van der Waals surface area contributed by atoms with Gasteiger partial charge in [-0.3, -0.25) is 9.97 Å². The molecule has 8 nitrogen and oxygen atoms in total. The summed E-state index contributed by atoms with van der Waals surface area (Å²) in [5, 5.41) is 0.409. The van der Waals surface area contributed by atoms with Crippen LogP contribution in [0.2, 0.25) is 0 Å². The maximum Gasteiger partial charge on any atom is 0.349 e. The number of rotatable bonds is 4. The minimum atomic E-state index is -0.597. The fraction of sp³-hybridized carbons (Fsp3) is 0.250. The summed E-state index contributed by atoms with van der Waals surface area (Å²) in [6.07, 6.45) is 3.44. The number of pyridine rings is 2. The zero-order chi connectivity index (χ0) is 22.6. The molecule has 5 heterocycles. The highest BCUT2D eigenvalue weighted by Crippen LogP contribution is 2.24. The van der Waals surface area contributed by atoms with Gasteiger partial charge < -0.3 is 9.47 Å². The molecule has 0 unspecified atom stereocenters. The molecule has 0 amide bonds. The molecule has 3 aromatic heterocycles. The van der Waals surface area contributed by atoms with Crippen LogP contribution in [-0.2, 0) is 9.59 Å². The minimum absolute atomic E-state index is 0.0214. The molecule has 32 heavy (non-hydrogen) atoms. The molecule has 0 fully saturated rings. The van der Waals surface area contributed by atoms with Gasteiger partial charge in [0.1, 0.15) is 21.8 Å². The summed E-state index contributed by atoms with van der Waals surface area (Å²) in [6, 6.07) is 7.31. The average Bonchev–Trinajstić information content (AvgIpc) is 3.26. The summed E-state index contributed by atoms with van der Waals surface area (Å²) in [5.41, 5.74) is 3.32. The van der Waals surface area contributed by atoms with E-state index in [9.17, 15) is 9.59 Å². The molecule has 0 atom stereocenters. The Morgan fingerprint density at radius 2 is 1.06 bits per heavy atom. The molecular weight excluding hydrogens is 408 g/mol. The van der Waals surface area contributed by atoms with Crippen LogP contribution in [0.15, 0.2) is 36.7 Å². The van der Waals surface area contributed by atoms with Crippen molar-refractivity contribution >= 4 is 23.1 Å². The monoisotopic (exact) mass is 428 g/mol. The molecule has 3 aromatic rings. The largest absolute Gasteiger partial charge is 0.401 e. The first-order chi connectivity index (χ1) is 15.3. The molecule has 0 aromatic carbocycles. The van der Waals surface area contributed by atoms with Crippen molar-refractivity contribution in [3.63, 3.8) is 0 Å². The molecule has 0 aliphatic carbocycles. The highest BCUT2D eigenvalue weighted by atomic mass is 16.6. The van der Waals surface area contributed by atoms with Gasteiger partial charge in [0.2, 0.25) is 0 Å². The van der Waals surface area contributed by atoms with Gasteiger partial charge in [-0.25, -0.2) is 19.6 Å². The van der Waals surface area contributed by atoms with E-state index < -0.39 is 11.9 Å². The van der Waals surface area contributed by atoms with Crippen LogP contribution >= 0.6 is 0 Å². The third-order valence-electron chi connectivity index (χ3n) is 5.51. The van der Waals surface area contributed by atoms with E-state index in [0.29, 0.717) is 23.2 Å². The van der Waals surface area contributed by atoms with Crippen LogP contribution in [0.1, 0.15) is 62.0 Å². The van der Waals surface area contributed by atoms with Crippen LogP contribution < -0.4 is 20.2 Å². The summed E-state index contributed by atoms with van der Waals surface area (Å²) >= 11 is 0. The Kier molecular flexibility index (Phi) is 4.58. The fourth-order valence-electron chi connectivity index (χ4n) is 3.58. The van der Waals surface area contributed by atoms with Gasteiger partial charge >= 0.3 is 11.9 Å². The summed E-state index contributed by atoms with van der Waals surface area (Å²) in [5.74, 6) is -0.532. The normalized spacial score (nSPS) is 14.7. The van der Waals surface area contributed by atoms with Gasteiger partial charge in [0, 0.05) is 12.4 Å². The van der Waals surface area contributed by atoms with Crippen molar-refractivity contribution in [2.24, 2.45) is 0 Å². The Bertz CT molecular complexity index is 1280. The quantitative estimate of drug-likeness (QED) is 0.579. The number of fused-ring (bicyclic) bond motifs is 2. The van der Waals surface area contributed by atoms with Crippen LogP contribution in [-0.4, -0.2) is 31.9 Å². The van der Waals surface area contributed by atoms with E-state index in [4.69, 9.17) is 9.47 Å². The van der Waals surface area contributed by atoms with Crippen molar-refractivity contribution in [3.05, 3.63) is 69.9 Å². The topological polar surface area (TPSA) is 104 Å². The zero-order valence-electron chi connectivity index (χ0n) is 18.0. The minimum Gasteiger partial charge on any atom is -0.401 e. The predicted octanol–water partition coefficient (Wildman–Crippen LogP) is 1.75. The van der Waals surface area contributed by atoms with Crippen molar-refractivity contribution in [2.75, 3.05) is 0 Å². The molecule has 0 radical (unpaired) electrons. The Hall–Kier alpha value is -3.94. The van der Waals surface area contributed by atoms with Crippen LogP contribution in [0, 0.1) is 0 Å². The number of esters is 2. The Labute approximate surface area is 183 Å². The maximum absolute atomic E-state index is 12.6. The standard InChI is InChI=1S/C24H20N4O4/c1-11(2)13-5-7-15(25-9-13)17-19-21(31-23(17)29)28-20-18(24(30)32-22(20)27-19)16-8-6-14(10-26-16)12(3)4/h5-12H,1-4H3. The van der Waals surface area contributed by atoms with E-state index in [0.717, 1.165) is 11.1 Å². The molecule has 0 bridgehead atoms. The van der Waals surface area contributed by atoms with Gasteiger partial charge in [0.05, 0.1) is 11.4 Å². The number of hydrogen-bond acceptors (Lipinski definition) is 8. The molecule has 0 saturated heterocycles. The predicted molar refractivity (Wildman–Crippen MR) is 114 cm³/mol. The van der Waals surface area contributed by atoms with Crippen molar-refractivity contribution in [3.8, 4) is 11.8 Å². The highest BCUT2D eigenvalue weighted by molar-refractivity contribution is 6.19. The van der Waals surface area contributed by atoms with Gasteiger partial charge in [0.15, 0.2) is 0 Å². The molecule has 8 heteroatoms. The second kappa shape index (κ2) is 7.33. The van der Waals surface area contributed by atoms with Gasteiger partial charge in [0.25, 0.3) is 11.8 Å². The lowest BCUT2D eigenvalue weighted by Gasteiger charge is -2.05. The summed E-state index contributed by atoms with van der Waals surface area (Å²) < 4.78 is 10.7. The Morgan fingerprint density at radius 1 is 0.656 bits per heavy atom. The molecular formula is C24H20N4O4. The SMILES string of the molecule is CC(C)c1ccc(C2=c3nc4c(nc3OC2=O)=C(c2ccc(C(C)C)cn2)C(=O)O4)nc1. The molecule has 0 saturated carbocycles. The van der Waals surface area contributed by atoms with Gasteiger partial charge in [-0.05, 0) is 35.1 Å². The highest BCUT2D eigenvalue weighted by Gasteiger charge is 2.34. The molecule has 2 aliphatic heterocycles. The second-order valence-electron chi connectivity index (χ2n) is 8.32. The molecule has 160 valence electrons. The van der Waals surface area contributed by atoms with Crippen molar-refractivity contribution < 1.29 is 19.1 Å². The maximum atomic E-state index is 12.6. The van der Waals surface area contributed by atoms with E-state index >= 15 is 0 Å². The van der Waals surface area contributed by atoms with E-state index in [-0.39, 0.29) is 33.6 Å². The molecule has 0 spiro atoms.